The van der Waals surface area contributed by atoms with Gasteiger partial charge in [0.2, 0.25) is 5.91 Å². The summed E-state index contributed by atoms with van der Waals surface area (Å²) in [6, 6.07) is 11.8. The van der Waals surface area contributed by atoms with Gasteiger partial charge in [0.15, 0.2) is 0 Å². The Labute approximate surface area is 143 Å². The van der Waals surface area contributed by atoms with E-state index in [0.29, 0.717) is 5.92 Å². The van der Waals surface area contributed by atoms with Crippen LogP contribution in [0, 0.1) is 5.92 Å². The molecule has 4 rings (SSSR count). The Bertz CT molecular complexity index is 837. The number of para-hydroxylation sites is 1. The van der Waals surface area contributed by atoms with Gasteiger partial charge in [0.25, 0.3) is 0 Å². The van der Waals surface area contributed by atoms with Gasteiger partial charge in [-0.05, 0) is 36.3 Å². The lowest BCUT2D eigenvalue weighted by Gasteiger charge is -2.37. The zero-order chi connectivity index (χ0) is 16.5. The van der Waals surface area contributed by atoms with Crippen LogP contribution in [0.15, 0.2) is 41.8 Å². The van der Waals surface area contributed by atoms with Gasteiger partial charge in [-0.15, -0.1) is 11.3 Å². The molecule has 0 radical (unpaired) electrons. The fourth-order valence-electron chi connectivity index (χ4n) is 3.33. The van der Waals surface area contributed by atoms with Gasteiger partial charge >= 0.3 is 0 Å². The zero-order valence-corrected chi connectivity index (χ0v) is 13.9. The number of hydrogen-bond acceptors (Lipinski definition) is 4. The second-order valence-electron chi connectivity index (χ2n) is 6.34. The SMILES string of the molecule is O=C(Cc1[nH]nc2ccccc12)N[C@@H](c1cccs1)C1CC(O)C1. The highest BCUT2D eigenvalue weighted by atomic mass is 32.1. The number of benzene rings is 1. The van der Waals surface area contributed by atoms with E-state index in [9.17, 15) is 9.90 Å². The monoisotopic (exact) mass is 341 g/mol. The molecule has 1 aliphatic carbocycles. The largest absolute Gasteiger partial charge is 0.393 e. The van der Waals surface area contributed by atoms with Crippen molar-refractivity contribution < 1.29 is 9.90 Å². The third kappa shape index (κ3) is 2.95. The molecule has 1 amide bonds. The Morgan fingerprint density at radius 2 is 2.17 bits per heavy atom. The Balaban J connectivity index is 1.49. The molecule has 0 spiro atoms. The Morgan fingerprint density at radius 3 is 2.92 bits per heavy atom. The number of aromatic amines is 1. The van der Waals surface area contributed by atoms with Gasteiger partial charge in [0, 0.05) is 10.3 Å². The standard InChI is InChI=1S/C18H19N3O2S/c22-12-8-11(9-12)18(16-6-3-7-24-16)19-17(23)10-15-13-4-1-2-5-14(13)20-21-15/h1-7,11-12,18,22H,8-10H2,(H,19,23)(H,20,21)/t11?,12?,18-/m1/s1. The Hall–Kier alpha value is -2.18. The van der Waals surface area contributed by atoms with E-state index >= 15 is 0 Å². The first-order valence-electron chi connectivity index (χ1n) is 8.13. The number of aliphatic hydroxyl groups excluding tert-OH is 1. The quantitative estimate of drug-likeness (QED) is 0.668. The molecule has 3 aromatic rings. The number of H-pyrrole nitrogens is 1. The van der Waals surface area contributed by atoms with Gasteiger partial charge in [-0.3, -0.25) is 9.89 Å². The molecule has 2 aromatic heterocycles. The summed E-state index contributed by atoms with van der Waals surface area (Å²) in [5.41, 5.74) is 1.71. The molecule has 6 heteroatoms. The minimum atomic E-state index is -0.231. The molecule has 1 fully saturated rings. The van der Waals surface area contributed by atoms with E-state index in [2.05, 4.69) is 15.5 Å². The van der Waals surface area contributed by atoms with Gasteiger partial charge in [0.05, 0.1) is 29.8 Å². The minimum absolute atomic E-state index is 0.0184. The van der Waals surface area contributed by atoms with Crippen LogP contribution in [0.4, 0.5) is 0 Å². The maximum Gasteiger partial charge on any atom is 0.226 e. The fraction of sp³-hybridized carbons (Fsp3) is 0.333. The second kappa shape index (κ2) is 6.37. The van der Waals surface area contributed by atoms with Crippen LogP contribution in [-0.2, 0) is 11.2 Å². The summed E-state index contributed by atoms with van der Waals surface area (Å²) >= 11 is 1.65. The summed E-state index contributed by atoms with van der Waals surface area (Å²) in [5, 5.41) is 23.0. The lowest BCUT2D eigenvalue weighted by molar-refractivity contribution is -0.122. The molecule has 0 saturated heterocycles. The molecular formula is C18H19N3O2S. The molecule has 1 aromatic carbocycles. The van der Waals surface area contributed by atoms with Gasteiger partial charge in [-0.25, -0.2) is 0 Å². The summed E-state index contributed by atoms with van der Waals surface area (Å²) in [5.74, 6) is 0.283. The fourth-order valence-corrected chi connectivity index (χ4v) is 4.20. The van der Waals surface area contributed by atoms with Crippen LogP contribution in [0.5, 0.6) is 0 Å². The lowest BCUT2D eigenvalue weighted by atomic mass is 9.76. The highest BCUT2D eigenvalue weighted by Gasteiger charge is 2.36. The Kier molecular flexibility index (Phi) is 4.08. The van der Waals surface area contributed by atoms with E-state index in [-0.39, 0.29) is 24.5 Å². The number of nitrogens with zero attached hydrogens (tertiary/aromatic N) is 1. The van der Waals surface area contributed by atoms with Gasteiger partial charge < -0.3 is 10.4 Å². The number of aliphatic hydroxyl groups is 1. The average molecular weight is 341 g/mol. The van der Waals surface area contributed by atoms with Crippen LogP contribution < -0.4 is 5.32 Å². The molecule has 0 unspecified atom stereocenters. The normalized spacial score (nSPS) is 21.4. The first kappa shape index (κ1) is 15.4. The average Bonchev–Trinajstić information content (AvgIpc) is 3.20. The van der Waals surface area contributed by atoms with Crippen LogP contribution in [0.3, 0.4) is 0 Å². The van der Waals surface area contributed by atoms with Crippen molar-refractivity contribution in [2.24, 2.45) is 5.92 Å². The van der Waals surface area contributed by atoms with Crippen molar-refractivity contribution >= 4 is 28.1 Å². The maximum atomic E-state index is 12.6. The third-order valence-corrected chi connectivity index (χ3v) is 5.62. The number of rotatable bonds is 5. The number of carbonyl (C=O) groups excluding carboxylic acids is 1. The second-order valence-corrected chi connectivity index (χ2v) is 7.32. The number of nitrogens with one attached hydrogen (secondary N) is 2. The smallest absolute Gasteiger partial charge is 0.226 e. The molecule has 0 aliphatic heterocycles. The summed E-state index contributed by atoms with van der Waals surface area (Å²) in [4.78, 5) is 13.7. The maximum absolute atomic E-state index is 12.6. The zero-order valence-electron chi connectivity index (χ0n) is 13.1. The summed E-state index contributed by atoms with van der Waals surface area (Å²) in [7, 11) is 0. The van der Waals surface area contributed by atoms with Crippen molar-refractivity contribution in [2.75, 3.05) is 0 Å². The van der Waals surface area contributed by atoms with Crippen molar-refractivity contribution in [2.45, 2.75) is 31.4 Å². The first-order valence-corrected chi connectivity index (χ1v) is 9.01. The van der Waals surface area contributed by atoms with E-state index in [0.717, 1.165) is 34.3 Å². The van der Waals surface area contributed by atoms with Crippen molar-refractivity contribution in [3.05, 3.63) is 52.3 Å². The molecule has 124 valence electrons. The number of aromatic nitrogens is 2. The van der Waals surface area contributed by atoms with E-state index in [1.54, 1.807) is 11.3 Å². The Morgan fingerprint density at radius 1 is 1.33 bits per heavy atom. The number of carbonyl (C=O) groups is 1. The van der Waals surface area contributed by atoms with Crippen LogP contribution in [0.1, 0.15) is 29.5 Å². The molecule has 5 nitrogen and oxygen atoms in total. The molecule has 0 bridgehead atoms. The van der Waals surface area contributed by atoms with Crippen LogP contribution in [0.2, 0.25) is 0 Å². The highest BCUT2D eigenvalue weighted by Crippen LogP contribution is 2.39. The van der Waals surface area contributed by atoms with Crippen molar-refractivity contribution in [1.82, 2.24) is 15.5 Å². The number of fused-ring (bicyclic) bond motifs is 1. The molecular weight excluding hydrogens is 322 g/mol. The van der Waals surface area contributed by atoms with Crippen LogP contribution in [-0.4, -0.2) is 27.3 Å². The van der Waals surface area contributed by atoms with Gasteiger partial charge in [0.1, 0.15) is 0 Å². The predicted octanol–water partition coefficient (Wildman–Crippen LogP) is 2.80. The van der Waals surface area contributed by atoms with Crippen molar-refractivity contribution in [3.63, 3.8) is 0 Å². The summed E-state index contributed by atoms with van der Waals surface area (Å²) in [6.45, 7) is 0. The predicted molar refractivity (Wildman–Crippen MR) is 93.7 cm³/mol. The molecule has 1 aliphatic rings. The molecule has 1 atom stereocenters. The number of amides is 1. The summed E-state index contributed by atoms with van der Waals surface area (Å²) < 4.78 is 0. The van der Waals surface area contributed by atoms with Gasteiger partial charge in [-0.2, -0.15) is 5.10 Å². The number of hydrogen-bond donors (Lipinski definition) is 3. The van der Waals surface area contributed by atoms with Crippen LogP contribution >= 0.6 is 11.3 Å². The van der Waals surface area contributed by atoms with E-state index < -0.39 is 0 Å². The molecule has 2 heterocycles. The molecule has 3 N–H and O–H groups in total. The molecule has 24 heavy (non-hydrogen) atoms. The van der Waals surface area contributed by atoms with Gasteiger partial charge in [-0.1, -0.05) is 24.3 Å². The number of thiophene rings is 1. The lowest BCUT2D eigenvalue weighted by Crippen LogP contribution is -2.41. The highest BCUT2D eigenvalue weighted by molar-refractivity contribution is 7.10. The topological polar surface area (TPSA) is 78.0 Å². The summed E-state index contributed by atoms with van der Waals surface area (Å²) in [6.07, 6.45) is 1.54. The first-order chi connectivity index (χ1) is 11.7. The van der Waals surface area contributed by atoms with Crippen molar-refractivity contribution in [1.29, 1.82) is 0 Å². The third-order valence-electron chi connectivity index (χ3n) is 4.67. The van der Waals surface area contributed by atoms with E-state index in [1.165, 1.54) is 0 Å². The van der Waals surface area contributed by atoms with E-state index in [1.807, 2.05) is 41.8 Å². The van der Waals surface area contributed by atoms with E-state index in [4.69, 9.17) is 0 Å². The van der Waals surface area contributed by atoms with Crippen molar-refractivity contribution in [3.8, 4) is 0 Å². The van der Waals surface area contributed by atoms with Crippen LogP contribution in [0.25, 0.3) is 10.9 Å². The minimum Gasteiger partial charge on any atom is -0.393 e. The molecule has 1 saturated carbocycles.